The third kappa shape index (κ3) is 3.45. The van der Waals surface area contributed by atoms with Crippen molar-refractivity contribution in [3.8, 4) is 11.5 Å². The highest BCUT2D eigenvalue weighted by Crippen LogP contribution is 2.36. The van der Waals surface area contributed by atoms with Crippen molar-refractivity contribution >= 4 is 50.9 Å². The molecule has 2 aromatic rings. The molecule has 1 aliphatic rings. The van der Waals surface area contributed by atoms with Gasteiger partial charge < -0.3 is 15.2 Å². The number of thiocarbonyl (C=S) groups is 1. The number of benzene rings is 2. The summed E-state index contributed by atoms with van der Waals surface area (Å²) in [6.07, 6.45) is 2.55. The van der Waals surface area contributed by atoms with E-state index in [1.54, 1.807) is 18.2 Å². The Morgan fingerprint density at radius 1 is 1.35 bits per heavy atom. The van der Waals surface area contributed by atoms with Crippen molar-refractivity contribution in [2.75, 3.05) is 12.0 Å². The van der Waals surface area contributed by atoms with Gasteiger partial charge in [0.15, 0.2) is 16.6 Å². The highest BCUT2D eigenvalue weighted by molar-refractivity contribution is 9.10. The number of nitrogens with one attached hydrogen (secondary N) is 1. The van der Waals surface area contributed by atoms with E-state index in [1.807, 2.05) is 24.3 Å². The third-order valence-corrected chi connectivity index (χ3v) is 4.93. The number of hydrogen-bond acceptors (Lipinski definition) is 4. The number of carbonyl (C=O) groups excluding carboxylic acids is 1. The van der Waals surface area contributed by atoms with Crippen LogP contribution in [0.4, 0.5) is 5.69 Å². The van der Waals surface area contributed by atoms with Crippen LogP contribution in [0, 0.1) is 0 Å². The summed E-state index contributed by atoms with van der Waals surface area (Å²) in [4.78, 5) is 14.3. The predicted molar refractivity (Wildman–Crippen MR) is 109 cm³/mol. The summed E-state index contributed by atoms with van der Waals surface area (Å²) in [5.74, 6) is 0.0899. The lowest BCUT2D eigenvalue weighted by molar-refractivity contribution is -0.113. The second-order valence-electron chi connectivity index (χ2n) is 5.71. The van der Waals surface area contributed by atoms with Crippen LogP contribution >= 0.6 is 28.1 Å². The van der Waals surface area contributed by atoms with E-state index < -0.39 is 0 Å². The Labute approximate surface area is 165 Å². The number of aromatic hydroxyl groups is 1. The fraction of sp³-hybridized carbons (Fsp3) is 0.158. The fourth-order valence-electron chi connectivity index (χ4n) is 2.68. The van der Waals surface area contributed by atoms with Crippen molar-refractivity contribution in [2.24, 2.45) is 0 Å². The second kappa shape index (κ2) is 7.47. The summed E-state index contributed by atoms with van der Waals surface area (Å²) in [5.41, 5.74) is 2.91. The average molecular weight is 433 g/mol. The molecule has 26 heavy (non-hydrogen) atoms. The van der Waals surface area contributed by atoms with Crippen LogP contribution in [0.3, 0.4) is 0 Å². The number of ether oxygens (including phenoxy) is 1. The number of carbonyl (C=O) groups is 1. The highest BCUT2D eigenvalue weighted by Gasteiger charge is 2.32. The molecule has 7 heteroatoms. The molecule has 2 N–H and O–H groups in total. The first-order valence-corrected chi connectivity index (χ1v) is 9.17. The van der Waals surface area contributed by atoms with Gasteiger partial charge >= 0.3 is 0 Å². The van der Waals surface area contributed by atoms with Gasteiger partial charge in [-0.1, -0.05) is 19.1 Å². The summed E-state index contributed by atoms with van der Waals surface area (Å²) >= 11 is 8.62. The Bertz CT molecular complexity index is 927. The number of phenolic OH excluding ortho intramolecular Hbond substituents is 1. The Hall–Kier alpha value is -2.38. The zero-order valence-electron chi connectivity index (χ0n) is 14.2. The molecule has 3 rings (SSSR count). The first-order chi connectivity index (χ1) is 12.4. The van der Waals surface area contributed by atoms with Gasteiger partial charge in [0, 0.05) is 0 Å². The van der Waals surface area contributed by atoms with E-state index in [4.69, 9.17) is 17.0 Å². The first kappa shape index (κ1) is 18.4. The molecule has 0 atom stereocenters. The van der Waals surface area contributed by atoms with Gasteiger partial charge in [0.25, 0.3) is 5.91 Å². The molecule has 2 aromatic carbocycles. The summed E-state index contributed by atoms with van der Waals surface area (Å²) in [6.45, 7) is 2.06. The number of halogens is 1. The second-order valence-corrected chi connectivity index (χ2v) is 6.95. The van der Waals surface area contributed by atoms with Crippen LogP contribution in [0.2, 0.25) is 0 Å². The molecule has 0 saturated carbocycles. The van der Waals surface area contributed by atoms with E-state index in [0.717, 1.165) is 17.7 Å². The van der Waals surface area contributed by atoms with Crippen molar-refractivity contribution in [3.63, 3.8) is 0 Å². The van der Waals surface area contributed by atoms with E-state index in [9.17, 15) is 9.90 Å². The molecule has 134 valence electrons. The van der Waals surface area contributed by atoms with Crippen molar-refractivity contribution in [3.05, 3.63) is 57.7 Å². The van der Waals surface area contributed by atoms with Gasteiger partial charge in [0.1, 0.15) is 5.70 Å². The van der Waals surface area contributed by atoms with Crippen LogP contribution in [-0.4, -0.2) is 23.2 Å². The monoisotopic (exact) mass is 432 g/mol. The number of hydrogen-bond donors (Lipinski definition) is 2. The van der Waals surface area contributed by atoms with Gasteiger partial charge in [-0.25, -0.2) is 0 Å². The van der Waals surface area contributed by atoms with Crippen molar-refractivity contribution < 1.29 is 14.6 Å². The molecule has 0 unspecified atom stereocenters. The summed E-state index contributed by atoms with van der Waals surface area (Å²) in [7, 11) is 1.47. The van der Waals surface area contributed by atoms with Crippen LogP contribution in [-0.2, 0) is 11.2 Å². The van der Waals surface area contributed by atoms with Crippen LogP contribution in [0.25, 0.3) is 6.08 Å². The first-order valence-electron chi connectivity index (χ1n) is 7.97. The average Bonchev–Trinajstić information content (AvgIpc) is 2.91. The molecule has 0 aliphatic carbocycles. The van der Waals surface area contributed by atoms with Crippen molar-refractivity contribution in [2.45, 2.75) is 13.3 Å². The molecule has 5 nitrogen and oxygen atoms in total. The number of phenols is 1. The number of methoxy groups -OCH3 is 1. The van der Waals surface area contributed by atoms with E-state index in [2.05, 4.69) is 28.2 Å². The lowest BCUT2D eigenvalue weighted by Crippen LogP contribution is -2.30. The Balaban J connectivity index is 1.96. The van der Waals surface area contributed by atoms with Gasteiger partial charge in [-0.2, -0.15) is 0 Å². The van der Waals surface area contributed by atoms with Crippen LogP contribution in [0.15, 0.2) is 46.6 Å². The predicted octanol–water partition coefficient (Wildman–Crippen LogP) is 3.99. The van der Waals surface area contributed by atoms with Crippen molar-refractivity contribution in [1.29, 1.82) is 0 Å². The van der Waals surface area contributed by atoms with Gasteiger partial charge in [0.05, 0.1) is 17.3 Å². The molecular weight excluding hydrogens is 416 g/mol. The normalized spacial score (nSPS) is 15.5. The minimum absolute atomic E-state index is 0.00823. The number of rotatable bonds is 4. The largest absolute Gasteiger partial charge is 0.503 e. The third-order valence-electron chi connectivity index (χ3n) is 4.04. The maximum Gasteiger partial charge on any atom is 0.281 e. The van der Waals surface area contributed by atoms with Crippen LogP contribution in [0.1, 0.15) is 18.1 Å². The zero-order valence-corrected chi connectivity index (χ0v) is 16.6. The van der Waals surface area contributed by atoms with Gasteiger partial charge in [-0.3, -0.25) is 9.69 Å². The van der Waals surface area contributed by atoms with Crippen molar-refractivity contribution in [1.82, 2.24) is 5.32 Å². The van der Waals surface area contributed by atoms with Crippen LogP contribution in [0.5, 0.6) is 11.5 Å². The number of nitrogens with zero attached hydrogens (tertiary/aromatic N) is 1. The SMILES string of the molecule is CCc1cccc(N2C(=O)/C(=C\c3cc(Br)c(O)c(OC)c3)NC2=S)c1. The number of aryl methyl sites for hydroxylation is 1. The maximum absolute atomic E-state index is 12.8. The molecule has 1 fully saturated rings. The molecule has 1 heterocycles. The summed E-state index contributed by atoms with van der Waals surface area (Å²) < 4.78 is 5.62. The van der Waals surface area contributed by atoms with Gasteiger partial charge in [-0.05, 0) is 76.0 Å². The molecule has 1 aliphatic heterocycles. The fourth-order valence-corrected chi connectivity index (χ4v) is 3.44. The maximum atomic E-state index is 12.8. The Morgan fingerprint density at radius 3 is 2.81 bits per heavy atom. The lowest BCUT2D eigenvalue weighted by atomic mass is 10.1. The number of anilines is 1. The minimum atomic E-state index is -0.230. The van der Waals surface area contributed by atoms with E-state index in [1.165, 1.54) is 12.0 Å². The Morgan fingerprint density at radius 2 is 2.12 bits per heavy atom. The highest BCUT2D eigenvalue weighted by atomic mass is 79.9. The topological polar surface area (TPSA) is 61.8 Å². The zero-order chi connectivity index (χ0) is 18.8. The number of amides is 1. The summed E-state index contributed by atoms with van der Waals surface area (Å²) in [5, 5.41) is 13.2. The summed E-state index contributed by atoms with van der Waals surface area (Å²) in [6, 6.07) is 11.1. The smallest absolute Gasteiger partial charge is 0.281 e. The molecule has 1 amide bonds. The molecule has 1 saturated heterocycles. The molecular formula is C19H17BrN2O3S. The van der Waals surface area contributed by atoms with Gasteiger partial charge in [-0.15, -0.1) is 0 Å². The molecule has 0 spiro atoms. The molecule has 0 aromatic heterocycles. The van der Waals surface area contributed by atoms with Crippen LogP contribution < -0.4 is 15.0 Å². The van der Waals surface area contributed by atoms with E-state index in [0.29, 0.717) is 26.6 Å². The minimum Gasteiger partial charge on any atom is -0.503 e. The standard InChI is InChI=1S/C19H17BrN2O3S/c1-3-11-5-4-6-13(7-11)22-18(24)15(21-19(22)26)9-12-8-14(20)17(23)16(10-12)25-2/h4-10,23H,3H2,1-2H3,(H,21,26)/b15-9+. The van der Waals surface area contributed by atoms with E-state index >= 15 is 0 Å². The van der Waals surface area contributed by atoms with E-state index in [-0.39, 0.29) is 11.7 Å². The van der Waals surface area contributed by atoms with Gasteiger partial charge in [0.2, 0.25) is 0 Å². The molecule has 0 bridgehead atoms. The Kier molecular flexibility index (Phi) is 5.29. The molecule has 0 radical (unpaired) electrons. The lowest BCUT2D eigenvalue weighted by Gasteiger charge is -2.14. The quantitative estimate of drug-likeness (QED) is 0.564.